The second-order valence-corrected chi connectivity index (χ2v) is 6.56. The predicted octanol–water partition coefficient (Wildman–Crippen LogP) is 3.57. The molecule has 0 fully saturated rings. The average molecular weight is 326 g/mol. The van der Waals surface area contributed by atoms with Gasteiger partial charge in [0.15, 0.2) is 5.17 Å². The molecule has 23 heavy (non-hydrogen) atoms. The number of nitrogens with one attached hydrogen (secondary N) is 1. The summed E-state index contributed by atoms with van der Waals surface area (Å²) in [5.74, 6) is 0.863. The van der Waals surface area contributed by atoms with Gasteiger partial charge in [-0.2, -0.15) is 5.10 Å². The van der Waals surface area contributed by atoms with E-state index in [4.69, 9.17) is 0 Å². The van der Waals surface area contributed by atoms with Gasteiger partial charge in [0, 0.05) is 35.8 Å². The Morgan fingerprint density at radius 2 is 2.04 bits per heavy atom. The number of hydrogen-bond acceptors (Lipinski definition) is 3. The first-order chi connectivity index (χ1) is 11.2. The van der Waals surface area contributed by atoms with Crippen LogP contribution in [0.4, 0.5) is 0 Å². The van der Waals surface area contributed by atoms with Gasteiger partial charge in [-0.25, -0.2) is 0 Å². The third-order valence-corrected chi connectivity index (χ3v) is 4.91. The lowest BCUT2D eigenvalue weighted by molar-refractivity contribution is 0.749. The molecule has 5 heteroatoms. The molecule has 0 aliphatic carbocycles. The number of aryl methyl sites for hydroxylation is 1. The molecule has 3 rings (SSSR count). The first kappa shape index (κ1) is 15.9. The van der Waals surface area contributed by atoms with Gasteiger partial charge in [-0.1, -0.05) is 42.1 Å². The van der Waals surface area contributed by atoms with Crippen LogP contribution in [0.25, 0.3) is 0 Å². The van der Waals surface area contributed by atoms with Gasteiger partial charge in [-0.3, -0.25) is 10.4 Å². The highest BCUT2D eigenvalue weighted by molar-refractivity contribution is 8.14. The quantitative estimate of drug-likeness (QED) is 0.933. The average Bonchev–Trinajstić information content (AvgIpc) is 2.85. The van der Waals surface area contributed by atoms with Gasteiger partial charge in [-0.05, 0) is 32.4 Å². The Bertz CT molecular complexity index is 744. The minimum Gasteiger partial charge on any atom is -0.344 e. The summed E-state index contributed by atoms with van der Waals surface area (Å²) in [4.78, 5) is 4.37. The molecule has 0 saturated heterocycles. The third-order valence-electron chi connectivity index (χ3n) is 4.00. The molecular formula is C18H22N4S. The van der Waals surface area contributed by atoms with Crippen LogP contribution in [-0.2, 0) is 6.54 Å². The van der Waals surface area contributed by atoms with Gasteiger partial charge in [0.05, 0.1) is 5.71 Å². The van der Waals surface area contributed by atoms with Crippen molar-refractivity contribution in [2.45, 2.75) is 27.3 Å². The molecule has 0 radical (unpaired) electrons. The van der Waals surface area contributed by atoms with Crippen molar-refractivity contribution in [1.29, 1.82) is 0 Å². The summed E-state index contributed by atoms with van der Waals surface area (Å²) in [6.07, 6.45) is 0. The number of hydrazone groups is 1. The number of aromatic nitrogens is 1. The van der Waals surface area contributed by atoms with Crippen LogP contribution in [0.1, 0.15) is 29.4 Å². The Balaban J connectivity index is 1.85. The number of aliphatic imine (C=N–C) groups is 1. The lowest BCUT2D eigenvalue weighted by Crippen LogP contribution is -2.25. The summed E-state index contributed by atoms with van der Waals surface area (Å²) in [5.41, 5.74) is 9.24. The molecule has 120 valence electrons. The normalized spacial score (nSPS) is 16.3. The Hall–Kier alpha value is -2.01. The van der Waals surface area contributed by atoms with Crippen LogP contribution in [-0.4, -0.2) is 27.7 Å². The van der Waals surface area contributed by atoms with Crippen molar-refractivity contribution in [2.24, 2.45) is 10.1 Å². The highest BCUT2D eigenvalue weighted by Gasteiger charge is 2.18. The van der Waals surface area contributed by atoms with Gasteiger partial charge in [0.25, 0.3) is 0 Å². The van der Waals surface area contributed by atoms with Gasteiger partial charge in [0.2, 0.25) is 0 Å². The predicted molar refractivity (Wildman–Crippen MR) is 99.6 cm³/mol. The summed E-state index contributed by atoms with van der Waals surface area (Å²) in [6.45, 7) is 8.05. The Kier molecular flexibility index (Phi) is 4.86. The highest BCUT2D eigenvalue weighted by atomic mass is 32.2. The number of rotatable bonds is 4. The van der Waals surface area contributed by atoms with Crippen LogP contribution in [0, 0.1) is 13.8 Å². The zero-order chi connectivity index (χ0) is 16.2. The maximum Gasteiger partial charge on any atom is 0.177 e. The number of thioether (sulfide) groups is 1. The van der Waals surface area contributed by atoms with Crippen LogP contribution in [0.15, 0.2) is 46.5 Å². The third kappa shape index (κ3) is 3.50. The second-order valence-electron chi connectivity index (χ2n) is 5.60. The van der Waals surface area contributed by atoms with Crippen LogP contribution < -0.4 is 5.43 Å². The molecule has 0 amide bonds. The van der Waals surface area contributed by atoms with E-state index < -0.39 is 0 Å². The van der Waals surface area contributed by atoms with Gasteiger partial charge in [0.1, 0.15) is 0 Å². The van der Waals surface area contributed by atoms with Crippen LogP contribution in [0.5, 0.6) is 0 Å². The molecule has 2 aromatic rings. The Morgan fingerprint density at radius 3 is 2.70 bits per heavy atom. The van der Waals surface area contributed by atoms with E-state index in [1.165, 1.54) is 22.5 Å². The zero-order valence-electron chi connectivity index (χ0n) is 13.8. The molecule has 1 aromatic carbocycles. The molecular weight excluding hydrogens is 304 g/mol. The van der Waals surface area contributed by atoms with E-state index in [0.717, 1.165) is 29.7 Å². The molecule has 1 aromatic heterocycles. The maximum absolute atomic E-state index is 4.52. The minimum absolute atomic E-state index is 0.784. The summed E-state index contributed by atoms with van der Waals surface area (Å²) >= 11 is 1.72. The van der Waals surface area contributed by atoms with Crippen molar-refractivity contribution < 1.29 is 0 Å². The van der Waals surface area contributed by atoms with Crippen molar-refractivity contribution >= 4 is 22.6 Å². The molecule has 1 aliphatic heterocycles. The van der Waals surface area contributed by atoms with E-state index in [1.807, 2.05) is 6.92 Å². The molecule has 0 unspecified atom stereocenters. The summed E-state index contributed by atoms with van der Waals surface area (Å²) in [5, 5.41) is 5.44. The largest absolute Gasteiger partial charge is 0.344 e. The molecule has 0 atom stereocenters. The summed E-state index contributed by atoms with van der Waals surface area (Å²) < 4.78 is 2.35. The van der Waals surface area contributed by atoms with Crippen molar-refractivity contribution in [2.75, 3.05) is 12.3 Å². The van der Waals surface area contributed by atoms with Gasteiger partial charge < -0.3 is 4.57 Å². The zero-order valence-corrected chi connectivity index (χ0v) is 14.7. The number of hydrogen-bond donors (Lipinski definition) is 1. The fourth-order valence-electron chi connectivity index (χ4n) is 2.78. The molecule has 1 aliphatic rings. The topological polar surface area (TPSA) is 41.7 Å². The monoisotopic (exact) mass is 326 g/mol. The molecule has 0 saturated carbocycles. The van der Waals surface area contributed by atoms with E-state index in [1.54, 1.807) is 11.8 Å². The fourth-order valence-corrected chi connectivity index (χ4v) is 3.61. The lowest BCUT2D eigenvalue weighted by Gasteiger charge is -2.15. The van der Waals surface area contributed by atoms with E-state index in [-0.39, 0.29) is 0 Å². The number of benzene rings is 1. The highest BCUT2D eigenvalue weighted by Crippen LogP contribution is 2.21. The number of amidine groups is 1. The smallest absolute Gasteiger partial charge is 0.177 e. The van der Waals surface area contributed by atoms with E-state index in [2.05, 4.69) is 70.3 Å². The van der Waals surface area contributed by atoms with Crippen molar-refractivity contribution in [1.82, 2.24) is 9.99 Å². The standard InChI is InChI=1S/C18H22N4S/c1-4-19-18-21-20-17(12-23-18)16-10-13(2)22(14(16)3)11-15-8-6-5-7-9-15/h5-10H,4,11-12H2,1-3H3,(H,19,21). The summed E-state index contributed by atoms with van der Waals surface area (Å²) in [6, 6.07) is 12.8. The van der Waals surface area contributed by atoms with Crippen molar-refractivity contribution in [3.05, 3.63) is 58.9 Å². The molecule has 0 spiro atoms. The van der Waals surface area contributed by atoms with Crippen LogP contribution >= 0.6 is 11.8 Å². The van der Waals surface area contributed by atoms with E-state index in [0.29, 0.717) is 0 Å². The summed E-state index contributed by atoms with van der Waals surface area (Å²) in [7, 11) is 0. The molecule has 1 N–H and O–H groups in total. The van der Waals surface area contributed by atoms with E-state index >= 15 is 0 Å². The first-order valence-corrected chi connectivity index (χ1v) is 8.88. The lowest BCUT2D eigenvalue weighted by atomic mass is 10.1. The maximum atomic E-state index is 4.52. The van der Waals surface area contributed by atoms with Crippen LogP contribution in [0.3, 0.4) is 0 Å². The van der Waals surface area contributed by atoms with Crippen molar-refractivity contribution in [3.63, 3.8) is 0 Å². The minimum atomic E-state index is 0.784. The molecule has 4 nitrogen and oxygen atoms in total. The Labute approximate surface area is 141 Å². The molecule has 0 bridgehead atoms. The Morgan fingerprint density at radius 1 is 1.26 bits per heavy atom. The molecule has 2 heterocycles. The first-order valence-electron chi connectivity index (χ1n) is 7.90. The fraction of sp³-hybridized carbons (Fsp3) is 0.333. The second kappa shape index (κ2) is 7.04. The van der Waals surface area contributed by atoms with Gasteiger partial charge >= 0.3 is 0 Å². The van der Waals surface area contributed by atoms with Crippen LogP contribution in [0.2, 0.25) is 0 Å². The van der Waals surface area contributed by atoms with Gasteiger partial charge in [-0.15, -0.1) is 0 Å². The van der Waals surface area contributed by atoms with E-state index in [9.17, 15) is 0 Å². The number of nitrogens with zero attached hydrogens (tertiary/aromatic N) is 3. The SMILES string of the molecule is CCN=C1NN=C(c2cc(C)n(Cc3ccccc3)c2C)CS1. The van der Waals surface area contributed by atoms with Crippen molar-refractivity contribution in [3.8, 4) is 0 Å².